The number of nitrogens with two attached hydrogens (primary N) is 1. The van der Waals surface area contributed by atoms with Crippen molar-refractivity contribution in [1.29, 1.82) is 5.26 Å². The van der Waals surface area contributed by atoms with E-state index in [1.807, 2.05) is 36.5 Å². The normalized spacial score (nSPS) is 10.1. The van der Waals surface area contributed by atoms with Crippen LogP contribution in [-0.4, -0.2) is 17.0 Å². The zero-order valence-corrected chi connectivity index (χ0v) is 9.18. The third kappa shape index (κ3) is 2.37. The summed E-state index contributed by atoms with van der Waals surface area (Å²) in [6.07, 6.45) is 1.83. The van der Waals surface area contributed by atoms with Gasteiger partial charge in [-0.25, -0.2) is 0 Å². The van der Waals surface area contributed by atoms with Gasteiger partial charge in [0.15, 0.2) is 0 Å². The van der Waals surface area contributed by atoms with Crippen molar-refractivity contribution in [3.63, 3.8) is 0 Å². The number of hydrogen-bond acceptors (Lipinski definition) is 3. The fraction of sp³-hybridized carbons (Fsp3) is 0.167. The first-order chi connectivity index (χ1) is 8.20. The molecule has 0 aliphatic carbocycles. The molecule has 17 heavy (non-hydrogen) atoms. The molecule has 5 heteroatoms. The molecule has 0 bridgehead atoms. The Morgan fingerprint density at radius 3 is 3.06 bits per heavy atom. The standard InChI is InChI=1S/C12H12N4O/c13-4-5-15-12(17)8-16-6-3-9-1-2-10(14)7-11(9)16/h1-3,6-7H,5,8,14H2,(H,15,17). The van der Waals surface area contributed by atoms with Crippen molar-refractivity contribution < 1.29 is 4.79 Å². The number of benzene rings is 1. The summed E-state index contributed by atoms with van der Waals surface area (Å²) in [5.41, 5.74) is 7.28. The molecule has 0 aliphatic rings. The summed E-state index contributed by atoms with van der Waals surface area (Å²) in [6.45, 7) is 0.217. The quantitative estimate of drug-likeness (QED) is 0.603. The van der Waals surface area contributed by atoms with Crippen LogP contribution >= 0.6 is 0 Å². The van der Waals surface area contributed by atoms with Gasteiger partial charge in [0, 0.05) is 11.9 Å². The number of anilines is 1. The van der Waals surface area contributed by atoms with E-state index in [4.69, 9.17) is 11.0 Å². The van der Waals surface area contributed by atoms with Gasteiger partial charge in [0.25, 0.3) is 0 Å². The van der Waals surface area contributed by atoms with Gasteiger partial charge in [-0.1, -0.05) is 6.07 Å². The predicted molar refractivity (Wildman–Crippen MR) is 65.0 cm³/mol. The molecular weight excluding hydrogens is 216 g/mol. The maximum atomic E-state index is 11.5. The van der Waals surface area contributed by atoms with Gasteiger partial charge in [0.1, 0.15) is 13.1 Å². The molecular formula is C12H12N4O. The van der Waals surface area contributed by atoms with Gasteiger partial charge in [-0.3, -0.25) is 4.79 Å². The van der Waals surface area contributed by atoms with Crippen LogP contribution < -0.4 is 11.1 Å². The first-order valence-electron chi connectivity index (χ1n) is 5.19. The molecule has 5 nitrogen and oxygen atoms in total. The second-order valence-electron chi connectivity index (χ2n) is 3.70. The van der Waals surface area contributed by atoms with E-state index in [9.17, 15) is 4.79 Å². The summed E-state index contributed by atoms with van der Waals surface area (Å²) in [6, 6.07) is 9.35. The molecule has 3 N–H and O–H groups in total. The number of nitrogens with zero attached hydrogens (tertiary/aromatic N) is 2. The van der Waals surface area contributed by atoms with Crippen LogP contribution in [0.15, 0.2) is 30.5 Å². The molecule has 0 atom stereocenters. The number of fused-ring (bicyclic) bond motifs is 1. The van der Waals surface area contributed by atoms with Gasteiger partial charge in [-0.2, -0.15) is 5.26 Å². The van der Waals surface area contributed by atoms with Crippen molar-refractivity contribution >= 4 is 22.5 Å². The minimum atomic E-state index is -0.188. The van der Waals surface area contributed by atoms with Crippen molar-refractivity contribution in [3.05, 3.63) is 30.5 Å². The maximum absolute atomic E-state index is 11.5. The van der Waals surface area contributed by atoms with Crippen LogP contribution in [0.4, 0.5) is 5.69 Å². The highest BCUT2D eigenvalue weighted by Crippen LogP contribution is 2.18. The van der Waals surface area contributed by atoms with Gasteiger partial charge in [0.2, 0.25) is 5.91 Å². The van der Waals surface area contributed by atoms with Crippen LogP contribution in [0.1, 0.15) is 0 Å². The lowest BCUT2D eigenvalue weighted by Crippen LogP contribution is -2.27. The molecule has 0 saturated carbocycles. The zero-order chi connectivity index (χ0) is 12.3. The highest BCUT2D eigenvalue weighted by molar-refractivity contribution is 5.85. The van der Waals surface area contributed by atoms with E-state index in [1.54, 1.807) is 4.57 Å². The number of aromatic nitrogens is 1. The fourth-order valence-corrected chi connectivity index (χ4v) is 1.69. The van der Waals surface area contributed by atoms with Crippen LogP contribution in [0.3, 0.4) is 0 Å². The van der Waals surface area contributed by atoms with Crippen molar-refractivity contribution in [3.8, 4) is 6.07 Å². The number of carbonyl (C=O) groups excluding carboxylic acids is 1. The molecule has 86 valence electrons. The SMILES string of the molecule is N#CCNC(=O)Cn1ccc2ccc(N)cc21. The third-order valence-electron chi connectivity index (χ3n) is 2.48. The molecule has 0 fully saturated rings. The lowest BCUT2D eigenvalue weighted by molar-refractivity contribution is -0.121. The average Bonchev–Trinajstić information content (AvgIpc) is 2.69. The second kappa shape index (κ2) is 4.58. The Kier molecular flexibility index (Phi) is 2.97. The van der Waals surface area contributed by atoms with Gasteiger partial charge < -0.3 is 15.6 Å². The smallest absolute Gasteiger partial charge is 0.240 e. The molecule has 0 aliphatic heterocycles. The summed E-state index contributed by atoms with van der Waals surface area (Å²) in [5.74, 6) is -0.188. The van der Waals surface area contributed by atoms with E-state index in [2.05, 4.69) is 5.32 Å². The van der Waals surface area contributed by atoms with E-state index in [0.29, 0.717) is 5.69 Å². The Labute approximate surface area is 98.4 Å². The average molecular weight is 228 g/mol. The van der Waals surface area contributed by atoms with Gasteiger partial charge in [0.05, 0.1) is 11.6 Å². The van der Waals surface area contributed by atoms with Gasteiger partial charge >= 0.3 is 0 Å². The number of nitrogen functional groups attached to an aromatic ring is 1. The maximum Gasteiger partial charge on any atom is 0.240 e. The van der Waals surface area contributed by atoms with E-state index < -0.39 is 0 Å². The Morgan fingerprint density at radius 2 is 2.29 bits per heavy atom. The van der Waals surface area contributed by atoms with Crippen LogP contribution in [0.5, 0.6) is 0 Å². The summed E-state index contributed by atoms with van der Waals surface area (Å²) >= 11 is 0. The second-order valence-corrected chi connectivity index (χ2v) is 3.70. The van der Waals surface area contributed by atoms with Gasteiger partial charge in [-0.15, -0.1) is 0 Å². The molecule has 0 spiro atoms. The number of hydrogen-bond donors (Lipinski definition) is 2. The molecule has 0 saturated heterocycles. The Balaban J connectivity index is 2.22. The summed E-state index contributed by atoms with van der Waals surface area (Å²) in [4.78, 5) is 11.5. The van der Waals surface area contributed by atoms with Crippen molar-refractivity contribution in [2.75, 3.05) is 12.3 Å². The van der Waals surface area contributed by atoms with E-state index >= 15 is 0 Å². The Bertz CT molecular complexity index is 594. The monoisotopic (exact) mass is 228 g/mol. The zero-order valence-electron chi connectivity index (χ0n) is 9.18. The lowest BCUT2D eigenvalue weighted by atomic mass is 10.2. The molecule has 2 rings (SSSR count). The first-order valence-corrected chi connectivity index (χ1v) is 5.19. The third-order valence-corrected chi connectivity index (χ3v) is 2.48. The number of amides is 1. The van der Waals surface area contributed by atoms with Crippen LogP contribution in [0.25, 0.3) is 10.9 Å². The number of nitrogens with one attached hydrogen (secondary N) is 1. The highest BCUT2D eigenvalue weighted by atomic mass is 16.1. The summed E-state index contributed by atoms with van der Waals surface area (Å²) in [7, 11) is 0. The molecule has 0 unspecified atom stereocenters. The van der Waals surface area contributed by atoms with E-state index in [0.717, 1.165) is 10.9 Å². The molecule has 1 aromatic carbocycles. The Morgan fingerprint density at radius 1 is 1.47 bits per heavy atom. The molecule has 1 aromatic heterocycles. The number of carbonyl (C=O) groups is 1. The summed E-state index contributed by atoms with van der Waals surface area (Å²) in [5, 5.41) is 11.9. The molecule has 1 amide bonds. The minimum absolute atomic E-state index is 0.0279. The van der Waals surface area contributed by atoms with Crippen LogP contribution in [-0.2, 0) is 11.3 Å². The van der Waals surface area contributed by atoms with Crippen molar-refractivity contribution in [2.45, 2.75) is 6.54 Å². The number of nitriles is 1. The predicted octanol–water partition coefficient (Wildman–Crippen LogP) is 0.863. The molecule has 0 radical (unpaired) electrons. The van der Waals surface area contributed by atoms with E-state index in [1.165, 1.54) is 0 Å². The molecule has 1 heterocycles. The van der Waals surface area contributed by atoms with Crippen molar-refractivity contribution in [1.82, 2.24) is 9.88 Å². The minimum Gasteiger partial charge on any atom is -0.399 e. The van der Waals surface area contributed by atoms with Crippen LogP contribution in [0.2, 0.25) is 0 Å². The number of rotatable bonds is 3. The first kappa shape index (κ1) is 11.0. The fourth-order valence-electron chi connectivity index (χ4n) is 1.69. The lowest BCUT2D eigenvalue weighted by Gasteiger charge is -2.05. The molecule has 2 aromatic rings. The van der Waals surface area contributed by atoms with Gasteiger partial charge in [-0.05, 0) is 23.6 Å². The summed E-state index contributed by atoms with van der Waals surface area (Å²) < 4.78 is 1.80. The Hall–Kier alpha value is -2.48. The topological polar surface area (TPSA) is 83.8 Å². The highest BCUT2D eigenvalue weighted by Gasteiger charge is 2.05. The van der Waals surface area contributed by atoms with E-state index in [-0.39, 0.29) is 19.0 Å². The largest absolute Gasteiger partial charge is 0.399 e. The van der Waals surface area contributed by atoms with Crippen molar-refractivity contribution in [2.24, 2.45) is 0 Å². The van der Waals surface area contributed by atoms with Crippen LogP contribution in [0, 0.1) is 11.3 Å².